The van der Waals surface area contributed by atoms with Crippen molar-refractivity contribution in [2.45, 2.75) is 13.3 Å². The van der Waals surface area contributed by atoms with E-state index in [1.165, 1.54) is 0 Å². The molecule has 0 bridgehead atoms. The Kier molecular flexibility index (Phi) is 4.62. The molecule has 78 valence electrons. The van der Waals surface area contributed by atoms with Crippen molar-refractivity contribution >= 4 is 11.6 Å². The molecule has 5 heteroatoms. The van der Waals surface area contributed by atoms with Crippen molar-refractivity contribution in [2.75, 3.05) is 20.3 Å². The number of methoxy groups -OCH3 is 1. The van der Waals surface area contributed by atoms with Gasteiger partial charge in [-0.3, -0.25) is 0 Å². The van der Waals surface area contributed by atoms with Gasteiger partial charge in [0, 0.05) is 25.7 Å². The smallest absolute Gasteiger partial charge is 0.236 e. The van der Waals surface area contributed by atoms with Crippen LogP contribution in [-0.4, -0.2) is 30.5 Å². The van der Waals surface area contributed by atoms with E-state index < -0.39 is 0 Å². The standard InChI is InChI=1S/C9H13ClN2O2/c1-7-6-8(10)11-12-9(7)14-5-3-4-13-2/h6H,3-5H2,1-2H3. The summed E-state index contributed by atoms with van der Waals surface area (Å²) in [7, 11) is 1.66. The minimum absolute atomic E-state index is 0.381. The third-order valence-electron chi connectivity index (χ3n) is 1.64. The molecule has 0 aliphatic rings. The van der Waals surface area contributed by atoms with Gasteiger partial charge in [-0.1, -0.05) is 11.6 Å². The predicted octanol–water partition coefficient (Wildman–Crippen LogP) is 1.85. The second-order valence-corrected chi connectivity index (χ2v) is 3.24. The summed E-state index contributed by atoms with van der Waals surface area (Å²) in [4.78, 5) is 0. The molecule has 1 rings (SSSR count). The summed E-state index contributed by atoms with van der Waals surface area (Å²) in [6.45, 7) is 3.14. The van der Waals surface area contributed by atoms with E-state index in [9.17, 15) is 0 Å². The van der Waals surface area contributed by atoms with Crippen molar-refractivity contribution < 1.29 is 9.47 Å². The van der Waals surface area contributed by atoms with Gasteiger partial charge in [0.15, 0.2) is 5.15 Å². The molecule has 1 aromatic heterocycles. The fraction of sp³-hybridized carbons (Fsp3) is 0.556. The molecule has 0 atom stereocenters. The molecule has 4 nitrogen and oxygen atoms in total. The first-order valence-corrected chi connectivity index (χ1v) is 4.73. The monoisotopic (exact) mass is 216 g/mol. The van der Waals surface area contributed by atoms with Crippen LogP contribution in [0.3, 0.4) is 0 Å². The number of rotatable bonds is 5. The molecule has 14 heavy (non-hydrogen) atoms. The Balaban J connectivity index is 2.42. The van der Waals surface area contributed by atoms with E-state index in [1.807, 2.05) is 6.92 Å². The van der Waals surface area contributed by atoms with Crippen molar-refractivity contribution in [1.82, 2.24) is 10.2 Å². The predicted molar refractivity (Wildman–Crippen MR) is 53.8 cm³/mol. The van der Waals surface area contributed by atoms with Crippen LogP contribution in [0, 0.1) is 6.92 Å². The Morgan fingerprint density at radius 3 is 2.79 bits per heavy atom. The Morgan fingerprint density at radius 1 is 1.36 bits per heavy atom. The Bertz CT molecular complexity index is 294. The van der Waals surface area contributed by atoms with Gasteiger partial charge in [0.2, 0.25) is 5.88 Å². The molecule has 1 heterocycles. The normalized spacial score (nSPS) is 10.2. The number of aryl methyl sites for hydroxylation is 1. The van der Waals surface area contributed by atoms with Gasteiger partial charge in [-0.05, 0) is 13.0 Å². The van der Waals surface area contributed by atoms with E-state index in [1.54, 1.807) is 13.2 Å². The van der Waals surface area contributed by atoms with E-state index in [4.69, 9.17) is 21.1 Å². The van der Waals surface area contributed by atoms with Crippen LogP contribution in [0.4, 0.5) is 0 Å². The zero-order valence-corrected chi connectivity index (χ0v) is 9.04. The molecule has 0 N–H and O–H groups in total. The van der Waals surface area contributed by atoms with Crippen molar-refractivity contribution in [3.63, 3.8) is 0 Å². The van der Waals surface area contributed by atoms with Crippen molar-refractivity contribution in [3.05, 3.63) is 16.8 Å². The summed E-state index contributed by atoms with van der Waals surface area (Å²) in [5.41, 5.74) is 0.891. The lowest BCUT2D eigenvalue weighted by Crippen LogP contribution is -2.04. The van der Waals surface area contributed by atoms with Gasteiger partial charge in [0.05, 0.1) is 6.61 Å². The van der Waals surface area contributed by atoms with Crippen LogP contribution in [0.25, 0.3) is 0 Å². The molecular weight excluding hydrogens is 204 g/mol. The molecule has 0 saturated heterocycles. The molecule has 0 radical (unpaired) electrons. The summed E-state index contributed by atoms with van der Waals surface area (Å²) >= 11 is 5.65. The van der Waals surface area contributed by atoms with Crippen LogP contribution in [-0.2, 0) is 4.74 Å². The Labute approximate surface area is 88.2 Å². The molecule has 0 aliphatic heterocycles. The molecule has 0 spiro atoms. The topological polar surface area (TPSA) is 44.2 Å². The van der Waals surface area contributed by atoms with Crippen LogP contribution in [0.2, 0.25) is 5.15 Å². The SMILES string of the molecule is COCCCOc1nnc(Cl)cc1C. The average Bonchev–Trinajstić information content (AvgIpc) is 2.15. The van der Waals surface area contributed by atoms with Crippen LogP contribution in [0.15, 0.2) is 6.07 Å². The largest absolute Gasteiger partial charge is 0.476 e. The maximum Gasteiger partial charge on any atom is 0.236 e. The summed E-state index contributed by atoms with van der Waals surface area (Å²) in [5.74, 6) is 0.533. The first-order chi connectivity index (χ1) is 6.74. The zero-order valence-electron chi connectivity index (χ0n) is 8.29. The highest BCUT2D eigenvalue weighted by molar-refractivity contribution is 6.29. The van der Waals surface area contributed by atoms with Gasteiger partial charge in [0.1, 0.15) is 0 Å². The number of aromatic nitrogens is 2. The highest BCUT2D eigenvalue weighted by Crippen LogP contribution is 2.15. The fourth-order valence-corrected chi connectivity index (χ4v) is 1.16. The van der Waals surface area contributed by atoms with E-state index in [0.29, 0.717) is 24.2 Å². The second kappa shape index (κ2) is 5.78. The molecular formula is C9H13ClN2O2. The first-order valence-electron chi connectivity index (χ1n) is 4.35. The van der Waals surface area contributed by atoms with E-state index >= 15 is 0 Å². The number of nitrogens with zero attached hydrogens (tertiary/aromatic N) is 2. The van der Waals surface area contributed by atoms with Crippen molar-refractivity contribution in [1.29, 1.82) is 0 Å². The van der Waals surface area contributed by atoms with E-state index in [-0.39, 0.29) is 0 Å². The molecule has 0 unspecified atom stereocenters. The molecule has 0 aromatic carbocycles. The third-order valence-corrected chi connectivity index (χ3v) is 1.83. The minimum atomic E-state index is 0.381. The Hall–Kier alpha value is -0.870. The highest BCUT2D eigenvalue weighted by atomic mass is 35.5. The first kappa shape index (κ1) is 11.2. The van der Waals surface area contributed by atoms with Gasteiger partial charge in [0.25, 0.3) is 0 Å². The van der Waals surface area contributed by atoms with Gasteiger partial charge in [-0.2, -0.15) is 0 Å². The number of halogens is 1. The number of hydrogen-bond acceptors (Lipinski definition) is 4. The zero-order chi connectivity index (χ0) is 10.4. The third kappa shape index (κ3) is 3.47. The minimum Gasteiger partial charge on any atom is -0.476 e. The maximum atomic E-state index is 5.65. The molecule has 0 fully saturated rings. The number of hydrogen-bond donors (Lipinski definition) is 0. The maximum absolute atomic E-state index is 5.65. The molecule has 0 saturated carbocycles. The van der Waals surface area contributed by atoms with Crippen molar-refractivity contribution in [3.8, 4) is 5.88 Å². The summed E-state index contributed by atoms with van der Waals surface area (Å²) in [5, 5.41) is 7.91. The lowest BCUT2D eigenvalue weighted by atomic mass is 10.3. The van der Waals surface area contributed by atoms with Crippen LogP contribution >= 0.6 is 11.6 Å². The van der Waals surface area contributed by atoms with Crippen LogP contribution < -0.4 is 4.74 Å². The lowest BCUT2D eigenvalue weighted by molar-refractivity contribution is 0.170. The quantitative estimate of drug-likeness (QED) is 0.705. The van der Waals surface area contributed by atoms with E-state index in [0.717, 1.165) is 12.0 Å². The second-order valence-electron chi connectivity index (χ2n) is 2.85. The fourth-order valence-electron chi connectivity index (χ4n) is 0.956. The average molecular weight is 217 g/mol. The lowest BCUT2D eigenvalue weighted by Gasteiger charge is -2.06. The Morgan fingerprint density at radius 2 is 2.14 bits per heavy atom. The summed E-state index contributed by atoms with van der Waals surface area (Å²) in [6, 6.07) is 1.72. The van der Waals surface area contributed by atoms with Gasteiger partial charge in [-0.15, -0.1) is 10.2 Å². The summed E-state index contributed by atoms with van der Waals surface area (Å²) < 4.78 is 10.3. The van der Waals surface area contributed by atoms with Gasteiger partial charge in [-0.25, -0.2) is 0 Å². The van der Waals surface area contributed by atoms with Crippen LogP contribution in [0.5, 0.6) is 5.88 Å². The van der Waals surface area contributed by atoms with Gasteiger partial charge >= 0.3 is 0 Å². The summed E-state index contributed by atoms with van der Waals surface area (Å²) in [6.07, 6.45) is 0.834. The van der Waals surface area contributed by atoms with Gasteiger partial charge < -0.3 is 9.47 Å². The molecule has 0 amide bonds. The number of ether oxygens (including phenoxy) is 2. The molecule has 1 aromatic rings. The van der Waals surface area contributed by atoms with Crippen molar-refractivity contribution in [2.24, 2.45) is 0 Å². The van der Waals surface area contributed by atoms with Crippen LogP contribution in [0.1, 0.15) is 12.0 Å². The van der Waals surface area contributed by atoms with E-state index in [2.05, 4.69) is 10.2 Å². The molecule has 0 aliphatic carbocycles. The highest BCUT2D eigenvalue weighted by Gasteiger charge is 2.02.